The molecule has 3 aliphatic heterocycles. The molecular weight excluding hydrogens is 324 g/mol. The van der Waals surface area contributed by atoms with E-state index in [0.717, 1.165) is 18.2 Å². The van der Waals surface area contributed by atoms with E-state index >= 15 is 0 Å². The summed E-state index contributed by atoms with van der Waals surface area (Å²) in [5, 5.41) is 11.0. The van der Waals surface area contributed by atoms with Crippen molar-refractivity contribution in [2.45, 2.75) is 18.9 Å². The van der Waals surface area contributed by atoms with Crippen LogP contribution in [-0.2, 0) is 0 Å². The lowest BCUT2D eigenvalue weighted by Gasteiger charge is -2.44. The number of thiophene rings is 2. The first-order chi connectivity index (χ1) is 11.4. The van der Waals surface area contributed by atoms with Crippen LogP contribution < -0.4 is 0 Å². The Bertz CT molecular complexity index is 796. The van der Waals surface area contributed by atoms with E-state index in [1.54, 1.807) is 22.7 Å². The van der Waals surface area contributed by atoms with Crippen molar-refractivity contribution in [3.8, 4) is 20.3 Å². The Morgan fingerprint density at radius 1 is 1.04 bits per heavy atom. The number of hydrogen-bond donors (Lipinski definition) is 0. The molecule has 4 nitrogen and oxygen atoms in total. The summed E-state index contributed by atoms with van der Waals surface area (Å²) in [5.41, 5.74) is 1.01. The third kappa shape index (κ3) is 2.45. The van der Waals surface area contributed by atoms with Crippen molar-refractivity contribution in [2.24, 2.45) is 5.92 Å². The van der Waals surface area contributed by atoms with Crippen LogP contribution in [0.15, 0.2) is 35.8 Å². The minimum absolute atomic E-state index is 0.510. The zero-order valence-corrected chi connectivity index (χ0v) is 14.4. The Morgan fingerprint density at radius 3 is 2.65 bits per heavy atom. The molecule has 6 heterocycles. The largest absolute Gasteiger partial charge is 0.301 e. The van der Waals surface area contributed by atoms with Crippen LogP contribution in [0, 0.1) is 5.92 Å². The SMILES string of the molecule is c1csc(-c2ccc(-c3cn(C4CN5CCC4CC5)nn3)s2)c1. The monoisotopic (exact) mass is 342 g/mol. The highest BCUT2D eigenvalue weighted by atomic mass is 32.1. The minimum atomic E-state index is 0.510. The van der Waals surface area contributed by atoms with Gasteiger partial charge in [0.15, 0.2) is 0 Å². The lowest BCUT2D eigenvalue weighted by molar-refractivity contribution is 0.0504. The topological polar surface area (TPSA) is 34.0 Å². The molecule has 6 heteroatoms. The average Bonchev–Trinajstić information content (AvgIpc) is 3.35. The molecule has 3 aliphatic rings. The van der Waals surface area contributed by atoms with Gasteiger partial charge in [0, 0.05) is 16.3 Å². The van der Waals surface area contributed by atoms with Crippen molar-refractivity contribution in [1.29, 1.82) is 0 Å². The summed E-state index contributed by atoms with van der Waals surface area (Å²) in [6, 6.07) is 9.15. The lowest BCUT2D eigenvalue weighted by Crippen LogP contribution is -2.48. The molecule has 118 valence electrons. The summed E-state index contributed by atoms with van der Waals surface area (Å²) < 4.78 is 2.12. The summed E-state index contributed by atoms with van der Waals surface area (Å²) in [5.74, 6) is 0.777. The fourth-order valence-corrected chi connectivity index (χ4v) is 5.60. The van der Waals surface area contributed by atoms with Gasteiger partial charge in [-0.1, -0.05) is 11.3 Å². The molecule has 0 aliphatic carbocycles. The van der Waals surface area contributed by atoms with Gasteiger partial charge in [-0.15, -0.1) is 27.8 Å². The highest BCUT2D eigenvalue weighted by Gasteiger charge is 2.35. The molecule has 3 fully saturated rings. The summed E-state index contributed by atoms with van der Waals surface area (Å²) >= 11 is 3.59. The fraction of sp³-hybridized carbons (Fsp3) is 0.412. The molecular formula is C17H18N4S2. The molecule has 0 radical (unpaired) electrons. The smallest absolute Gasteiger partial charge is 0.123 e. The zero-order valence-electron chi connectivity index (χ0n) is 12.8. The highest BCUT2D eigenvalue weighted by Crippen LogP contribution is 2.38. The molecule has 2 bridgehead atoms. The van der Waals surface area contributed by atoms with Crippen molar-refractivity contribution in [3.05, 3.63) is 35.8 Å². The van der Waals surface area contributed by atoms with Crippen molar-refractivity contribution >= 4 is 22.7 Å². The van der Waals surface area contributed by atoms with E-state index in [-0.39, 0.29) is 0 Å². The maximum atomic E-state index is 4.46. The summed E-state index contributed by atoms with van der Waals surface area (Å²) in [6.45, 7) is 3.66. The van der Waals surface area contributed by atoms with E-state index in [2.05, 4.69) is 55.7 Å². The van der Waals surface area contributed by atoms with Crippen molar-refractivity contribution in [2.75, 3.05) is 19.6 Å². The summed E-state index contributed by atoms with van der Waals surface area (Å²) in [6.07, 6.45) is 4.76. The third-order valence-corrected chi connectivity index (χ3v) is 7.27. The van der Waals surface area contributed by atoms with Crippen molar-refractivity contribution in [3.63, 3.8) is 0 Å². The second-order valence-electron chi connectivity index (χ2n) is 6.43. The summed E-state index contributed by atoms with van der Waals surface area (Å²) in [7, 11) is 0. The molecule has 1 atom stereocenters. The third-order valence-electron chi connectivity index (χ3n) is 5.09. The Kier molecular flexibility index (Phi) is 3.35. The van der Waals surface area contributed by atoms with Gasteiger partial charge in [-0.05, 0) is 55.4 Å². The zero-order chi connectivity index (χ0) is 15.2. The van der Waals surface area contributed by atoms with E-state index < -0.39 is 0 Å². The van der Waals surface area contributed by atoms with Gasteiger partial charge in [0.05, 0.1) is 17.1 Å². The predicted octanol–water partition coefficient (Wildman–Crippen LogP) is 4.00. The molecule has 3 aromatic heterocycles. The maximum Gasteiger partial charge on any atom is 0.123 e. The van der Waals surface area contributed by atoms with Gasteiger partial charge in [-0.25, -0.2) is 4.68 Å². The molecule has 0 saturated carbocycles. The normalized spacial score (nSPS) is 26.7. The van der Waals surface area contributed by atoms with E-state index in [0.29, 0.717) is 6.04 Å². The first kappa shape index (κ1) is 13.9. The van der Waals surface area contributed by atoms with Gasteiger partial charge in [-0.3, -0.25) is 0 Å². The average molecular weight is 342 g/mol. The maximum absolute atomic E-state index is 4.46. The Morgan fingerprint density at radius 2 is 1.91 bits per heavy atom. The van der Waals surface area contributed by atoms with Gasteiger partial charge in [0.25, 0.3) is 0 Å². The number of fused-ring (bicyclic) bond motifs is 3. The standard InChI is InChI=1S/C17H18N4S2/c1-2-16(22-9-1)17-4-3-15(23-17)13-10-21(19-18-13)14-11-20-7-5-12(14)6-8-20/h1-4,9-10,12,14H,5-8,11H2. The molecule has 6 rings (SSSR count). The van der Waals surface area contributed by atoms with E-state index in [1.807, 2.05) is 0 Å². The first-order valence-electron chi connectivity index (χ1n) is 8.15. The molecule has 0 amide bonds. The van der Waals surface area contributed by atoms with Crippen LogP contribution in [0.1, 0.15) is 18.9 Å². The second kappa shape index (κ2) is 5.54. The van der Waals surface area contributed by atoms with Crippen molar-refractivity contribution < 1.29 is 0 Å². The molecule has 0 N–H and O–H groups in total. The van der Waals surface area contributed by atoms with Gasteiger partial charge in [0.2, 0.25) is 0 Å². The van der Waals surface area contributed by atoms with Crippen LogP contribution >= 0.6 is 22.7 Å². The van der Waals surface area contributed by atoms with Crippen LogP contribution in [0.3, 0.4) is 0 Å². The van der Waals surface area contributed by atoms with Gasteiger partial charge in [-0.2, -0.15) is 0 Å². The first-order valence-corrected chi connectivity index (χ1v) is 9.85. The van der Waals surface area contributed by atoms with Gasteiger partial charge >= 0.3 is 0 Å². The number of rotatable bonds is 3. The number of nitrogens with zero attached hydrogens (tertiary/aromatic N) is 4. The number of aromatic nitrogens is 3. The predicted molar refractivity (Wildman–Crippen MR) is 94.8 cm³/mol. The van der Waals surface area contributed by atoms with E-state index in [4.69, 9.17) is 0 Å². The van der Waals surface area contributed by atoms with Crippen LogP contribution in [0.2, 0.25) is 0 Å². The van der Waals surface area contributed by atoms with Gasteiger partial charge < -0.3 is 4.90 Å². The molecule has 3 aromatic rings. The Labute approximate surface area is 143 Å². The van der Waals surface area contributed by atoms with E-state index in [9.17, 15) is 0 Å². The van der Waals surface area contributed by atoms with Crippen LogP contribution in [0.4, 0.5) is 0 Å². The second-order valence-corrected chi connectivity index (χ2v) is 8.46. The van der Waals surface area contributed by atoms with Crippen LogP contribution in [0.5, 0.6) is 0 Å². The van der Waals surface area contributed by atoms with Crippen LogP contribution in [-0.4, -0.2) is 39.5 Å². The highest BCUT2D eigenvalue weighted by molar-refractivity contribution is 7.23. The molecule has 0 aromatic carbocycles. The van der Waals surface area contributed by atoms with E-state index in [1.165, 1.54) is 40.6 Å². The number of piperidine rings is 3. The Balaban J connectivity index is 1.41. The lowest BCUT2D eigenvalue weighted by atomic mass is 9.84. The van der Waals surface area contributed by atoms with Crippen LogP contribution in [0.25, 0.3) is 20.3 Å². The Hall–Kier alpha value is -1.50. The molecule has 3 saturated heterocycles. The van der Waals surface area contributed by atoms with Crippen molar-refractivity contribution in [1.82, 2.24) is 19.9 Å². The molecule has 23 heavy (non-hydrogen) atoms. The fourth-order valence-electron chi connectivity index (χ4n) is 3.81. The molecule has 0 spiro atoms. The minimum Gasteiger partial charge on any atom is -0.301 e. The number of hydrogen-bond acceptors (Lipinski definition) is 5. The van der Waals surface area contributed by atoms with Gasteiger partial charge in [0.1, 0.15) is 5.69 Å². The summed E-state index contributed by atoms with van der Waals surface area (Å²) in [4.78, 5) is 6.41. The quantitative estimate of drug-likeness (QED) is 0.721. The molecule has 1 unspecified atom stereocenters.